The van der Waals surface area contributed by atoms with E-state index in [-0.39, 0.29) is 16.6 Å². The molecule has 0 saturated heterocycles. The van der Waals surface area contributed by atoms with Crippen molar-refractivity contribution in [1.82, 2.24) is 10.2 Å². The van der Waals surface area contributed by atoms with Crippen LogP contribution in [0.25, 0.3) is 11.3 Å². The zero-order valence-corrected chi connectivity index (χ0v) is 15.1. The summed E-state index contributed by atoms with van der Waals surface area (Å²) in [4.78, 5) is 23.1. The summed E-state index contributed by atoms with van der Waals surface area (Å²) in [5, 5.41) is 8.55. The number of rotatable bonds is 4. The molecular weight excluding hydrogens is 391 g/mol. The minimum atomic E-state index is -4.41. The van der Waals surface area contributed by atoms with E-state index in [4.69, 9.17) is 0 Å². The third kappa shape index (κ3) is 5.23. The molecule has 0 aliphatic heterocycles. The summed E-state index contributed by atoms with van der Waals surface area (Å²) >= 11 is 0.876. The summed E-state index contributed by atoms with van der Waals surface area (Å²) in [7, 11) is 0. The Morgan fingerprint density at radius 1 is 1.07 bits per heavy atom. The highest BCUT2D eigenvalue weighted by Gasteiger charge is 2.30. The molecule has 2 N–H and O–H groups in total. The van der Waals surface area contributed by atoms with Gasteiger partial charge in [0.1, 0.15) is 0 Å². The van der Waals surface area contributed by atoms with Crippen LogP contribution in [-0.2, 0) is 11.9 Å². The second-order valence-corrected chi connectivity index (χ2v) is 6.73. The highest BCUT2D eigenvalue weighted by Crippen LogP contribution is 2.30. The first-order chi connectivity index (χ1) is 13.3. The molecule has 9 heteroatoms. The quantitative estimate of drug-likeness (QED) is 0.646. The normalized spacial score (nSPS) is 11.2. The number of carbonyl (C=O) groups is 1. The molecule has 5 nitrogen and oxygen atoms in total. The van der Waals surface area contributed by atoms with Crippen LogP contribution in [0.1, 0.15) is 11.1 Å². The van der Waals surface area contributed by atoms with E-state index in [2.05, 4.69) is 15.5 Å². The summed E-state index contributed by atoms with van der Waals surface area (Å²) in [5.74, 6) is 0.120. The number of aromatic amines is 1. The molecule has 3 rings (SSSR count). The lowest BCUT2D eigenvalue weighted by Crippen LogP contribution is -2.07. The largest absolute Gasteiger partial charge is 0.416 e. The van der Waals surface area contributed by atoms with Crippen molar-refractivity contribution in [2.75, 3.05) is 5.32 Å². The lowest BCUT2D eigenvalue weighted by Gasteiger charge is -2.09. The number of thioether (sulfide) groups is 1. The van der Waals surface area contributed by atoms with E-state index in [0.29, 0.717) is 16.9 Å². The fourth-order valence-electron chi connectivity index (χ4n) is 2.37. The van der Waals surface area contributed by atoms with Crippen molar-refractivity contribution in [3.63, 3.8) is 0 Å². The van der Waals surface area contributed by atoms with Crippen LogP contribution in [0.15, 0.2) is 65.5 Å². The van der Waals surface area contributed by atoms with Crippen molar-refractivity contribution in [2.45, 2.75) is 11.9 Å². The maximum absolute atomic E-state index is 12.7. The number of aromatic nitrogens is 2. The van der Waals surface area contributed by atoms with Gasteiger partial charge in [0.05, 0.1) is 11.3 Å². The number of H-pyrrole nitrogens is 1. The molecule has 3 aromatic rings. The average Bonchev–Trinajstić information content (AvgIpc) is 2.67. The molecular formula is C19H14F3N3O2S. The number of nitrogens with zero attached hydrogens (tertiary/aromatic N) is 1. The van der Waals surface area contributed by atoms with Crippen LogP contribution < -0.4 is 10.9 Å². The number of nitrogens with one attached hydrogen (secondary N) is 2. The maximum Gasteiger partial charge on any atom is 0.416 e. The first kappa shape index (κ1) is 19.7. The van der Waals surface area contributed by atoms with E-state index in [9.17, 15) is 22.8 Å². The number of hydrogen-bond donors (Lipinski definition) is 2. The maximum atomic E-state index is 12.7. The summed E-state index contributed by atoms with van der Waals surface area (Å²) in [6.07, 6.45) is -4.41. The van der Waals surface area contributed by atoms with Gasteiger partial charge in [0.15, 0.2) is 0 Å². The van der Waals surface area contributed by atoms with Gasteiger partial charge in [0, 0.05) is 23.1 Å². The Balaban J connectivity index is 1.58. The third-order valence-electron chi connectivity index (χ3n) is 3.73. The number of anilines is 1. The SMILES string of the molecule is O=C(Nc1ccc(-c2ccc(=O)[nH]n2)cc1)SCc1cccc(C(F)(F)F)c1. The van der Waals surface area contributed by atoms with E-state index in [1.807, 2.05) is 0 Å². The number of hydrogen-bond acceptors (Lipinski definition) is 4. The predicted octanol–water partition coefficient (Wildman–Crippen LogP) is 4.92. The number of benzene rings is 2. The van der Waals surface area contributed by atoms with E-state index >= 15 is 0 Å². The highest BCUT2D eigenvalue weighted by atomic mass is 32.2. The summed E-state index contributed by atoms with van der Waals surface area (Å²) in [6.45, 7) is 0. The molecule has 0 unspecified atom stereocenters. The van der Waals surface area contributed by atoms with Crippen LogP contribution in [0.4, 0.5) is 23.7 Å². The van der Waals surface area contributed by atoms with Crippen molar-refractivity contribution < 1.29 is 18.0 Å². The number of carbonyl (C=O) groups excluding carboxylic acids is 1. The van der Waals surface area contributed by atoms with Crippen LogP contribution in [0.3, 0.4) is 0 Å². The van der Waals surface area contributed by atoms with Gasteiger partial charge in [0.25, 0.3) is 10.8 Å². The molecule has 0 saturated carbocycles. The first-order valence-electron chi connectivity index (χ1n) is 8.07. The summed E-state index contributed by atoms with van der Waals surface area (Å²) in [6, 6.07) is 14.6. The van der Waals surface area contributed by atoms with Crippen molar-refractivity contribution >= 4 is 22.7 Å². The van der Waals surface area contributed by atoms with Crippen LogP contribution in [-0.4, -0.2) is 15.4 Å². The van der Waals surface area contributed by atoms with Crippen LogP contribution in [0.2, 0.25) is 0 Å². The van der Waals surface area contributed by atoms with E-state index in [0.717, 1.165) is 29.5 Å². The van der Waals surface area contributed by atoms with Gasteiger partial charge in [-0.15, -0.1) is 0 Å². The minimum absolute atomic E-state index is 0.120. The van der Waals surface area contributed by atoms with E-state index in [1.165, 1.54) is 12.1 Å². The Labute approximate surface area is 162 Å². The molecule has 0 radical (unpaired) electrons. The average molecular weight is 405 g/mol. The number of halogens is 3. The first-order valence-corrected chi connectivity index (χ1v) is 9.06. The molecule has 1 amide bonds. The second-order valence-electron chi connectivity index (χ2n) is 5.78. The molecule has 2 aromatic carbocycles. The molecule has 0 fully saturated rings. The van der Waals surface area contributed by atoms with Gasteiger partial charge >= 0.3 is 6.18 Å². The smallest absolute Gasteiger partial charge is 0.317 e. The zero-order chi connectivity index (χ0) is 20.1. The molecule has 0 bridgehead atoms. The molecule has 1 heterocycles. The molecule has 0 atom stereocenters. The van der Waals surface area contributed by atoms with E-state index in [1.54, 1.807) is 36.4 Å². The fraction of sp³-hybridized carbons (Fsp3) is 0.105. The summed E-state index contributed by atoms with van der Waals surface area (Å²) < 4.78 is 38.2. The van der Waals surface area contributed by atoms with Gasteiger partial charge in [-0.3, -0.25) is 9.59 Å². The predicted molar refractivity (Wildman–Crippen MR) is 102 cm³/mol. The number of amides is 1. The van der Waals surface area contributed by atoms with Crippen LogP contribution >= 0.6 is 11.8 Å². The third-order valence-corrected chi connectivity index (χ3v) is 4.57. The Hall–Kier alpha value is -3.07. The van der Waals surface area contributed by atoms with Crippen molar-refractivity contribution in [1.29, 1.82) is 0 Å². The van der Waals surface area contributed by atoms with Crippen molar-refractivity contribution in [3.8, 4) is 11.3 Å². The van der Waals surface area contributed by atoms with E-state index < -0.39 is 11.7 Å². The molecule has 0 spiro atoms. The van der Waals surface area contributed by atoms with Gasteiger partial charge in [0.2, 0.25) is 0 Å². The standard InChI is InChI=1S/C19H14F3N3O2S/c20-19(21,22)14-3-1-2-12(10-14)11-28-18(27)23-15-6-4-13(5-7-15)16-8-9-17(26)25-24-16/h1-10H,11H2,(H,23,27)(H,25,26). The lowest BCUT2D eigenvalue weighted by molar-refractivity contribution is -0.137. The molecule has 1 aromatic heterocycles. The van der Waals surface area contributed by atoms with Crippen molar-refractivity contribution in [2.24, 2.45) is 0 Å². The van der Waals surface area contributed by atoms with Gasteiger partial charge in [-0.05, 0) is 29.8 Å². The highest BCUT2D eigenvalue weighted by molar-refractivity contribution is 8.13. The molecule has 0 aliphatic carbocycles. The van der Waals surface area contributed by atoms with Crippen LogP contribution in [0.5, 0.6) is 0 Å². The minimum Gasteiger partial charge on any atom is -0.317 e. The van der Waals surface area contributed by atoms with Gasteiger partial charge in [-0.1, -0.05) is 42.1 Å². The summed E-state index contributed by atoms with van der Waals surface area (Å²) in [5.41, 5.74) is 1.24. The fourth-order valence-corrected chi connectivity index (χ4v) is 3.04. The van der Waals surface area contributed by atoms with Crippen molar-refractivity contribution in [3.05, 3.63) is 82.1 Å². The number of alkyl halides is 3. The zero-order valence-electron chi connectivity index (χ0n) is 14.3. The molecule has 28 heavy (non-hydrogen) atoms. The lowest BCUT2D eigenvalue weighted by atomic mass is 10.1. The van der Waals surface area contributed by atoms with Gasteiger partial charge in [-0.2, -0.15) is 18.3 Å². The van der Waals surface area contributed by atoms with Gasteiger partial charge < -0.3 is 5.32 Å². The molecule has 144 valence electrons. The Bertz CT molecular complexity index is 1010. The Kier molecular flexibility index (Phi) is 5.84. The van der Waals surface area contributed by atoms with Crippen LogP contribution in [0, 0.1) is 0 Å². The second kappa shape index (κ2) is 8.30. The van der Waals surface area contributed by atoms with Gasteiger partial charge in [-0.25, -0.2) is 5.10 Å². The molecule has 0 aliphatic rings. The monoisotopic (exact) mass is 405 g/mol. The Morgan fingerprint density at radius 3 is 2.46 bits per heavy atom. The topological polar surface area (TPSA) is 74.8 Å². The Morgan fingerprint density at radius 2 is 1.82 bits per heavy atom.